The van der Waals surface area contributed by atoms with Crippen LogP contribution >= 0.6 is 0 Å². The molecule has 0 saturated carbocycles. The molecule has 130 valence electrons. The predicted octanol–water partition coefficient (Wildman–Crippen LogP) is 1.51. The first-order chi connectivity index (χ1) is 12.2. The van der Waals surface area contributed by atoms with Crippen molar-refractivity contribution in [3.05, 3.63) is 58.4 Å². The Kier molecular flexibility index (Phi) is 4.31. The van der Waals surface area contributed by atoms with Crippen LogP contribution in [-0.4, -0.2) is 42.4 Å². The average molecular weight is 338 g/mol. The van der Waals surface area contributed by atoms with Gasteiger partial charge in [-0.3, -0.25) is 18.8 Å². The van der Waals surface area contributed by atoms with Crippen LogP contribution in [0.1, 0.15) is 24.2 Å². The fourth-order valence-corrected chi connectivity index (χ4v) is 3.60. The number of nitrogens with zero attached hydrogens (tertiary/aromatic N) is 6. The number of pyridine rings is 1. The van der Waals surface area contributed by atoms with Crippen molar-refractivity contribution in [1.29, 1.82) is 0 Å². The minimum Gasteiger partial charge on any atom is -0.297 e. The van der Waals surface area contributed by atoms with Crippen molar-refractivity contribution in [3.8, 4) is 0 Å². The predicted molar refractivity (Wildman–Crippen MR) is 94.2 cm³/mol. The molecular weight excluding hydrogens is 316 g/mol. The Morgan fingerprint density at radius 3 is 2.84 bits per heavy atom. The number of rotatable bonds is 4. The molecule has 0 aromatic carbocycles. The van der Waals surface area contributed by atoms with Crippen LogP contribution in [0, 0.1) is 12.8 Å². The van der Waals surface area contributed by atoms with Gasteiger partial charge in [0.1, 0.15) is 5.65 Å². The van der Waals surface area contributed by atoms with Crippen molar-refractivity contribution in [1.82, 2.24) is 29.3 Å². The van der Waals surface area contributed by atoms with Gasteiger partial charge in [-0.15, -0.1) is 5.10 Å². The maximum absolute atomic E-state index is 12.4. The Morgan fingerprint density at radius 2 is 2.08 bits per heavy atom. The van der Waals surface area contributed by atoms with Crippen molar-refractivity contribution in [2.45, 2.75) is 32.9 Å². The summed E-state index contributed by atoms with van der Waals surface area (Å²) >= 11 is 0. The van der Waals surface area contributed by atoms with Crippen molar-refractivity contribution in [3.63, 3.8) is 0 Å². The number of hydrogen-bond acceptors (Lipinski definition) is 5. The first-order valence-electron chi connectivity index (χ1n) is 8.74. The lowest BCUT2D eigenvalue weighted by atomic mass is 9.97. The van der Waals surface area contributed by atoms with Crippen LogP contribution in [0.25, 0.3) is 5.65 Å². The smallest absolute Gasteiger partial charge is 0.258 e. The second-order valence-electron chi connectivity index (χ2n) is 6.79. The number of likely N-dealkylation sites (tertiary alicyclic amines) is 1. The molecule has 3 aromatic heterocycles. The van der Waals surface area contributed by atoms with Gasteiger partial charge in [0, 0.05) is 31.0 Å². The van der Waals surface area contributed by atoms with E-state index in [1.807, 2.05) is 36.0 Å². The van der Waals surface area contributed by atoms with Crippen LogP contribution in [0.5, 0.6) is 0 Å². The number of aromatic nitrogens is 5. The van der Waals surface area contributed by atoms with Gasteiger partial charge < -0.3 is 0 Å². The molecule has 0 N–H and O–H groups in total. The van der Waals surface area contributed by atoms with E-state index in [-0.39, 0.29) is 5.56 Å². The van der Waals surface area contributed by atoms with Crippen LogP contribution in [0.2, 0.25) is 0 Å². The highest BCUT2D eigenvalue weighted by atomic mass is 16.1. The van der Waals surface area contributed by atoms with E-state index in [0.717, 1.165) is 56.1 Å². The Hall–Kier alpha value is -2.54. The number of aryl methyl sites for hydroxylation is 1. The van der Waals surface area contributed by atoms with E-state index in [2.05, 4.69) is 20.2 Å². The number of hydrogen-bond donors (Lipinski definition) is 0. The summed E-state index contributed by atoms with van der Waals surface area (Å²) in [4.78, 5) is 19.4. The monoisotopic (exact) mass is 338 g/mol. The highest BCUT2D eigenvalue weighted by Gasteiger charge is 2.20. The number of fused-ring (bicyclic) bond motifs is 1. The maximum atomic E-state index is 12.4. The van der Waals surface area contributed by atoms with Gasteiger partial charge in [-0.25, -0.2) is 4.98 Å². The molecule has 7 nitrogen and oxygen atoms in total. The lowest BCUT2D eigenvalue weighted by Crippen LogP contribution is -2.35. The largest absolute Gasteiger partial charge is 0.297 e. The van der Waals surface area contributed by atoms with Gasteiger partial charge in [0.2, 0.25) is 0 Å². The molecular formula is C18H22N6O. The van der Waals surface area contributed by atoms with Crippen molar-refractivity contribution in [2.24, 2.45) is 5.92 Å². The highest BCUT2D eigenvalue weighted by Crippen LogP contribution is 2.20. The average Bonchev–Trinajstić information content (AvgIpc) is 3.09. The van der Waals surface area contributed by atoms with E-state index < -0.39 is 0 Å². The standard InChI is InChI=1S/C18H22N6O/c1-14-3-2-4-17-20-16(11-18(25)24(14)17)13-22-8-5-15(6-9-22)12-23-10-7-19-21-23/h2-4,7,10-11,15H,5-6,8-9,12-13H2,1H3. The van der Waals surface area contributed by atoms with Gasteiger partial charge in [-0.05, 0) is 50.9 Å². The molecule has 4 rings (SSSR count). The minimum absolute atomic E-state index is 0.000770. The first-order valence-corrected chi connectivity index (χ1v) is 8.74. The summed E-state index contributed by atoms with van der Waals surface area (Å²) in [5.74, 6) is 0.635. The van der Waals surface area contributed by atoms with Crippen LogP contribution in [0.4, 0.5) is 0 Å². The Balaban J connectivity index is 1.42. The molecule has 1 fully saturated rings. The lowest BCUT2D eigenvalue weighted by Gasteiger charge is -2.31. The van der Waals surface area contributed by atoms with Crippen LogP contribution < -0.4 is 5.56 Å². The molecule has 0 amide bonds. The van der Waals surface area contributed by atoms with Gasteiger partial charge in [0.25, 0.3) is 5.56 Å². The van der Waals surface area contributed by atoms with E-state index >= 15 is 0 Å². The zero-order valence-electron chi connectivity index (χ0n) is 14.4. The first kappa shape index (κ1) is 16.0. The normalized spacial score (nSPS) is 16.5. The van der Waals surface area contributed by atoms with E-state index in [0.29, 0.717) is 5.92 Å². The molecule has 0 atom stereocenters. The molecule has 0 radical (unpaired) electrons. The topological polar surface area (TPSA) is 68.3 Å². The van der Waals surface area contributed by atoms with Gasteiger partial charge in [0.15, 0.2) is 0 Å². The van der Waals surface area contributed by atoms with Crippen LogP contribution in [0.3, 0.4) is 0 Å². The third-order valence-corrected chi connectivity index (χ3v) is 4.94. The zero-order chi connectivity index (χ0) is 17.2. The fraction of sp³-hybridized carbons (Fsp3) is 0.444. The Bertz CT molecular complexity index is 909. The van der Waals surface area contributed by atoms with Crippen molar-refractivity contribution < 1.29 is 0 Å². The van der Waals surface area contributed by atoms with Crippen molar-refractivity contribution >= 4 is 5.65 Å². The van der Waals surface area contributed by atoms with E-state index in [4.69, 9.17) is 0 Å². The molecule has 25 heavy (non-hydrogen) atoms. The summed E-state index contributed by atoms with van der Waals surface area (Å²) in [6.07, 6.45) is 5.90. The van der Waals surface area contributed by atoms with Crippen molar-refractivity contribution in [2.75, 3.05) is 13.1 Å². The summed E-state index contributed by atoms with van der Waals surface area (Å²) in [7, 11) is 0. The van der Waals surface area contributed by atoms with Crippen LogP contribution in [-0.2, 0) is 13.1 Å². The molecule has 0 aliphatic carbocycles. The maximum Gasteiger partial charge on any atom is 0.258 e. The summed E-state index contributed by atoms with van der Waals surface area (Å²) in [6.45, 7) is 5.64. The zero-order valence-corrected chi connectivity index (χ0v) is 14.4. The molecule has 0 spiro atoms. The third-order valence-electron chi connectivity index (χ3n) is 4.94. The SMILES string of the molecule is Cc1cccc2nc(CN3CCC(Cn4ccnn4)CC3)cc(=O)n12. The van der Waals surface area contributed by atoms with E-state index in [1.54, 1.807) is 16.7 Å². The second-order valence-corrected chi connectivity index (χ2v) is 6.79. The number of piperidine rings is 1. The summed E-state index contributed by atoms with van der Waals surface area (Å²) < 4.78 is 3.57. The van der Waals surface area contributed by atoms with Gasteiger partial charge >= 0.3 is 0 Å². The third kappa shape index (κ3) is 3.46. The van der Waals surface area contributed by atoms with Gasteiger partial charge in [-0.1, -0.05) is 11.3 Å². The Labute approximate surface area is 145 Å². The van der Waals surface area contributed by atoms with Crippen LogP contribution in [0.15, 0.2) is 41.5 Å². The quantitative estimate of drug-likeness (QED) is 0.721. The lowest BCUT2D eigenvalue weighted by molar-refractivity contribution is 0.162. The minimum atomic E-state index is -0.000770. The Morgan fingerprint density at radius 1 is 1.24 bits per heavy atom. The molecule has 1 aliphatic rings. The van der Waals surface area contributed by atoms with Gasteiger partial charge in [0.05, 0.1) is 11.9 Å². The molecule has 7 heteroatoms. The van der Waals surface area contributed by atoms with Gasteiger partial charge in [-0.2, -0.15) is 0 Å². The summed E-state index contributed by atoms with van der Waals surface area (Å²) in [6, 6.07) is 7.43. The molecule has 1 aliphatic heterocycles. The summed E-state index contributed by atoms with van der Waals surface area (Å²) in [5, 5.41) is 7.91. The molecule has 0 unspecified atom stereocenters. The molecule has 4 heterocycles. The summed E-state index contributed by atoms with van der Waals surface area (Å²) in [5.41, 5.74) is 2.49. The van der Waals surface area contributed by atoms with E-state index in [9.17, 15) is 4.79 Å². The second kappa shape index (κ2) is 6.76. The van der Waals surface area contributed by atoms with E-state index in [1.165, 1.54) is 0 Å². The molecule has 0 bridgehead atoms. The fourth-order valence-electron chi connectivity index (χ4n) is 3.60. The highest BCUT2D eigenvalue weighted by molar-refractivity contribution is 5.40. The molecule has 1 saturated heterocycles. The molecule has 3 aromatic rings.